The van der Waals surface area contributed by atoms with Gasteiger partial charge in [-0.1, -0.05) is 12.1 Å². The summed E-state index contributed by atoms with van der Waals surface area (Å²) in [6, 6.07) is 11.7. The van der Waals surface area contributed by atoms with Crippen molar-refractivity contribution >= 4 is 28.7 Å². The Labute approximate surface area is 157 Å². The fraction of sp³-hybridized carbons (Fsp3) is 0.368. The number of para-hydroxylation sites is 2. The van der Waals surface area contributed by atoms with E-state index in [0.29, 0.717) is 12.3 Å². The molecule has 0 fully saturated rings. The molecule has 0 radical (unpaired) electrons. The molecule has 0 spiro atoms. The third-order valence-corrected chi connectivity index (χ3v) is 5.40. The Morgan fingerprint density at radius 2 is 2.12 bits per heavy atom. The molecule has 7 heteroatoms. The number of furan rings is 1. The van der Waals surface area contributed by atoms with Crippen LogP contribution in [0.2, 0.25) is 0 Å². The highest BCUT2D eigenvalue weighted by Gasteiger charge is 2.18. The minimum Gasteiger partial charge on any atom is -0.468 e. The third kappa shape index (κ3) is 4.47. The minimum atomic E-state index is 0.0105. The van der Waals surface area contributed by atoms with Gasteiger partial charge in [0.25, 0.3) is 0 Å². The number of nitrogens with zero attached hydrogens (tertiary/aromatic N) is 2. The molecule has 2 aromatic heterocycles. The first-order chi connectivity index (χ1) is 12.5. The van der Waals surface area contributed by atoms with Crippen molar-refractivity contribution < 1.29 is 9.21 Å². The van der Waals surface area contributed by atoms with Crippen molar-refractivity contribution in [2.45, 2.75) is 18.2 Å². The van der Waals surface area contributed by atoms with Gasteiger partial charge in [-0.15, -0.1) is 11.8 Å². The summed E-state index contributed by atoms with van der Waals surface area (Å²) in [7, 11) is 3.94. The highest BCUT2D eigenvalue weighted by Crippen LogP contribution is 2.27. The van der Waals surface area contributed by atoms with Crippen LogP contribution in [-0.2, 0) is 4.79 Å². The predicted molar refractivity (Wildman–Crippen MR) is 105 cm³/mol. The quantitative estimate of drug-likeness (QED) is 0.634. The number of carbonyl (C=O) groups is 1. The van der Waals surface area contributed by atoms with Crippen LogP contribution in [0.15, 0.2) is 47.1 Å². The molecule has 2 unspecified atom stereocenters. The van der Waals surface area contributed by atoms with E-state index in [9.17, 15) is 4.79 Å². The zero-order valence-corrected chi connectivity index (χ0v) is 16.0. The molecule has 0 saturated heterocycles. The van der Waals surface area contributed by atoms with Crippen LogP contribution >= 0.6 is 11.8 Å². The molecule has 26 heavy (non-hydrogen) atoms. The highest BCUT2D eigenvalue weighted by atomic mass is 32.2. The zero-order chi connectivity index (χ0) is 18.5. The molecule has 0 aliphatic rings. The number of rotatable bonds is 8. The maximum Gasteiger partial charge on any atom is 0.230 e. The lowest BCUT2D eigenvalue weighted by molar-refractivity contribution is -0.118. The summed E-state index contributed by atoms with van der Waals surface area (Å²) in [6.07, 6.45) is 1.65. The lowest BCUT2D eigenvalue weighted by Crippen LogP contribution is -2.35. The van der Waals surface area contributed by atoms with Gasteiger partial charge in [-0.25, -0.2) is 4.98 Å². The summed E-state index contributed by atoms with van der Waals surface area (Å²) >= 11 is 1.57. The number of carbonyl (C=O) groups excluding carboxylic acids is 1. The molecular weight excluding hydrogens is 348 g/mol. The van der Waals surface area contributed by atoms with E-state index in [2.05, 4.69) is 22.2 Å². The van der Waals surface area contributed by atoms with Crippen LogP contribution in [0.25, 0.3) is 11.0 Å². The lowest BCUT2D eigenvalue weighted by atomic mass is 10.2. The number of aromatic nitrogens is 2. The van der Waals surface area contributed by atoms with Crippen molar-refractivity contribution in [1.29, 1.82) is 0 Å². The van der Waals surface area contributed by atoms with Crippen molar-refractivity contribution in [3.63, 3.8) is 0 Å². The van der Waals surface area contributed by atoms with Gasteiger partial charge in [0.05, 0.1) is 34.3 Å². The normalized spacial score (nSPS) is 13.8. The van der Waals surface area contributed by atoms with E-state index >= 15 is 0 Å². The Balaban J connectivity index is 1.50. The number of thioether (sulfide) groups is 1. The average molecular weight is 372 g/mol. The van der Waals surface area contributed by atoms with E-state index in [1.807, 2.05) is 55.4 Å². The molecule has 0 aliphatic heterocycles. The Hall–Kier alpha value is -2.25. The lowest BCUT2D eigenvalue weighted by Gasteiger charge is -2.22. The Morgan fingerprint density at radius 3 is 2.81 bits per heavy atom. The van der Waals surface area contributed by atoms with Crippen LogP contribution < -0.4 is 5.32 Å². The minimum absolute atomic E-state index is 0.0105. The highest BCUT2D eigenvalue weighted by molar-refractivity contribution is 8.00. The van der Waals surface area contributed by atoms with E-state index in [4.69, 9.17) is 4.42 Å². The van der Waals surface area contributed by atoms with E-state index in [-0.39, 0.29) is 17.2 Å². The summed E-state index contributed by atoms with van der Waals surface area (Å²) < 4.78 is 5.46. The summed E-state index contributed by atoms with van der Waals surface area (Å²) in [5, 5.41) is 3.11. The molecule has 0 aliphatic carbocycles. The zero-order valence-electron chi connectivity index (χ0n) is 15.2. The Bertz CT molecular complexity index is 811. The number of H-pyrrole nitrogens is 1. The van der Waals surface area contributed by atoms with Crippen LogP contribution in [0.3, 0.4) is 0 Å². The second-order valence-electron chi connectivity index (χ2n) is 6.39. The first kappa shape index (κ1) is 18.5. The number of imidazole rings is 1. The molecule has 0 bridgehead atoms. The molecule has 2 heterocycles. The molecule has 2 N–H and O–H groups in total. The van der Waals surface area contributed by atoms with Gasteiger partial charge in [-0.2, -0.15) is 0 Å². The van der Waals surface area contributed by atoms with E-state index in [1.54, 1.807) is 18.0 Å². The summed E-state index contributed by atoms with van der Waals surface area (Å²) in [4.78, 5) is 22.2. The Morgan fingerprint density at radius 1 is 1.31 bits per heavy atom. The third-order valence-electron chi connectivity index (χ3n) is 4.24. The number of hydrogen-bond acceptors (Lipinski definition) is 5. The molecule has 0 saturated carbocycles. The maximum atomic E-state index is 12.2. The molecule has 2 atom stereocenters. The molecule has 1 aromatic carbocycles. The summed E-state index contributed by atoms with van der Waals surface area (Å²) in [6.45, 7) is 2.57. The van der Waals surface area contributed by atoms with Gasteiger partial charge in [0.2, 0.25) is 5.91 Å². The van der Waals surface area contributed by atoms with Crippen molar-refractivity contribution in [1.82, 2.24) is 20.2 Å². The van der Waals surface area contributed by atoms with Gasteiger partial charge in [0.15, 0.2) is 0 Å². The van der Waals surface area contributed by atoms with E-state index < -0.39 is 0 Å². The number of benzene rings is 1. The van der Waals surface area contributed by atoms with Crippen molar-refractivity contribution in [3.05, 3.63) is 54.2 Å². The summed E-state index contributed by atoms with van der Waals surface area (Å²) in [5.41, 5.74) is 1.97. The smallest absolute Gasteiger partial charge is 0.230 e. The second-order valence-corrected chi connectivity index (χ2v) is 7.72. The standard InChI is InChI=1S/C19H24N4O2S/c1-13(19-21-14-7-4-5-8-15(14)22-19)26-12-18(24)20-11-16(23(2)3)17-9-6-10-25-17/h4-10,13,16H,11-12H2,1-3H3,(H,20,24)(H,21,22). The van der Waals surface area contributed by atoms with Gasteiger partial charge >= 0.3 is 0 Å². The van der Waals surface area contributed by atoms with Crippen LogP contribution in [0.4, 0.5) is 0 Å². The van der Waals surface area contributed by atoms with Crippen molar-refractivity contribution in [3.8, 4) is 0 Å². The monoisotopic (exact) mass is 372 g/mol. The molecule has 138 valence electrons. The van der Waals surface area contributed by atoms with Crippen LogP contribution in [0, 0.1) is 0 Å². The fourth-order valence-corrected chi connectivity index (χ4v) is 3.50. The predicted octanol–water partition coefficient (Wildman–Crippen LogP) is 3.37. The van der Waals surface area contributed by atoms with Gasteiger partial charge in [-0.05, 0) is 45.3 Å². The van der Waals surface area contributed by atoms with Gasteiger partial charge in [0, 0.05) is 6.54 Å². The largest absolute Gasteiger partial charge is 0.468 e. The molecule has 3 aromatic rings. The maximum absolute atomic E-state index is 12.2. The van der Waals surface area contributed by atoms with Gasteiger partial charge in [0.1, 0.15) is 11.6 Å². The number of nitrogens with one attached hydrogen (secondary N) is 2. The topological polar surface area (TPSA) is 74.2 Å². The van der Waals surface area contributed by atoms with Crippen molar-refractivity contribution in [2.24, 2.45) is 0 Å². The number of likely N-dealkylation sites (N-methyl/N-ethyl adjacent to an activating group) is 1. The molecule has 6 nitrogen and oxygen atoms in total. The first-order valence-corrected chi connectivity index (χ1v) is 9.62. The van der Waals surface area contributed by atoms with Crippen LogP contribution in [0.5, 0.6) is 0 Å². The average Bonchev–Trinajstić information content (AvgIpc) is 3.29. The molecular formula is C19H24N4O2S. The Kier molecular flexibility index (Phi) is 6.00. The number of fused-ring (bicyclic) bond motifs is 1. The van der Waals surface area contributed by atoms with Crippen LogP contribution in [-0.4, -0.2) is 47.2 Å². The van der Waals surface area contributed by atoms with Gasteiger partial charge in [-0.3, -0.25) is 9.69 Å². The van der Waals surface area contributed by atoms with Crippen LogP contribution in [0.1, 0.15) is 29.8 Å². The summed E-state index contributed by atoms with van der Waals surface area (Å²) in [5.74, 6) is 2.14. The van der Waals surface area contributed by atoms with Gasteiger partial charge < -0.3 is 14.7 Å². The fourth-order valence-electron chi connectivity index (χ4n) is 2.72. The van der Waals surface area contributed by atoms with E-state index in [0.717, 1.165) is 22.6 Å². The number of aromatic amines is 1. The van der Waals surface area contributed by atoms with E-state index in [1.165, 1.54) is 0 Å². The second kappa shape index (κ2) is 8.42. The molecule has 1 amide bonds. The molecule has 3 rings (SSSR count). The SMILES string of the molecule is CC(SCC(=O)NCC(c1ccco1)N(C)C)c1nc2ccccc2[nH]1. The van der Waals surface area contributed by atoms with Crippen molar-refractivity contribution in [2.75, 3.05) is 26.4 Å². The first-order valence-electron chi connectivity index (χ1n) is 8.57. The number of hydrogen-bond donors (Lipinski definition) is 2. The number of amides is 1.